The Kier molecular flexibility index (Phi) is 10.5. The van der Waals surface area contributed by atoms with E-state index < -0.39 is 16.0 Å². The van der Waals surface area contributed by atoms with E-state index in [-0.39, 0.29) is 31.3 Å². The van der Waals surface area contributed by atoms with Crippen molar-refractivity contribution in [2.24, 2.45) is 5.92 Å². The Hall–Kier alpha value is -2.20. The van der Waals surface area contributed by atoms with Gasteiger partial charge in [-0.15, -0.1) is 0 Å². The van der Waals surface area contributed by atoms with Crippen molar-refractivity contribution in [3.05, 3.63) is 95.1 Å². The molecule has 4 atom stereocenters. The first-order valence-corrected chi connectivity index (χ1v) is 15.2. The number of hydrogen-bond donors (Lipinski definition) is 2. The van der Waals surface area contributed by atoms with Crippen molar-refractivity contribution in [2.45, 2.75) is 42.4 Å². The Morgan fingerprint density at radius 3 is 2.31 bits per heavy atom. The fraction of sp³-hybridized carbons (Fsp3) is 0.406. The number of alkyl halides is 3. The number of halogens is 3. The summed E-state index contributed by atoms with van der Waals surface area (Å²) in [5, 5.41) is 12.2. The van der Waals surface area contributed by atoms with Crippen molar-refractivity contribution in [1.82, 2.24) is 10.2 Å². The standard InChI is InChI=1S/C32H35Cl3N2O5/c1-21-28(19-37-12-14-40-15-13-37)41-30(42-29(21)24-10-8-22(20-38)9-11-24)27-7-3-6-26(17-27)25-5-2-4-23(16-25)18-36-31(39)32(33,34)35/h2-11,16-17,21,28-30,38H,12-15,18-20H2,1H3,(H,36,39)/t21-,28+,29+,30+/m1/s1. The van der Waals surface area contributed by atoms with E-state index in [1.807, 2.05) is 66.7 Å². The Labute approximate surface area is 261 Å². The van der Waals surface area contributed by atoms with Crippen LogP contribution in [0.3, 0.4) is 0 Å². The van der Waals surface area contributed by atoms with Gasteiger partial charge in [-0.2, -0.15) is 0 Å². The molecule has 0 radical (unpaired) electrons. The first-order chi connectivity index (χ1) is 20.2. The quantitative estimate of drug-likeness (QED) is 0.298. The molecule has 0 aromatic heterocycles. The number of rotatable bonds is 8. The molecular weight excluding hydrogens is 599 g/mol. The van der Waals surface area contributed by atoms with Crippen LogP contribution in [0.15, 0.2) is 72.8 Å². The molecule has 224 valence electrons. The summed E-state index contributed by atoms with van der Waals surface area (Å²) in [6, 6.07) is 23.9. The van der Waals surface area contributed by atoms with Gasteiger partial charge in [-0.25, -0.2) is 0 Å². The average molecular weight is 634 g/mol. The fourth-order valence-corrected chi connectivity index (χ4v) is 5.58. The van der Waals surface area contributed by atoms with Gasteiger partial charge in [-0.3, -0.25) is 9.69 Å². The summed E-state index contributed by atoms with van der Waals surface area (Å²) in [5.41, 5.74) is 5.67. The summed E-state index contributed by atoms with van der Waals surface area (Å²) < 4.78 is 16.9. The minimum absolute atomic E-state index is 0.0000171. The van der Waals surface area contributed by atoms with E-state index in [1.54, 1.807) is 0 Å². The fourth-order valence-electron chi connectivity index (χ4n) is 5.37. The highest BCUT2D eigenvalue weighted by molar-refractivity contribution is 6.76. The molecule has 0 unspecified atom stereocenters. The molecule has 2 aliphatic heterocycles. The number of ether oxygens (including phenoxy) is 3. The highest BCUT2D eigenvalue weighted by atomic mass is 35.6. The lowest BCUT2D eigenvalue weighted by Gasteiger charge is -2.43. The Balaban J connectivity index is 1.38. The van der Waals surface area contributed by atoms with Gasteiger partial charge in [0.2, 0.25) is 0 Å². The van der Waals surface area contributed by atoms with Gasteiger partial charge in [0, 0.05) is 37.7 Å². The van der Waals surface area contributed by atoms with Crippen molar-refractivity contribution in [3.63, 3.8) is 0 Å². The summed E-state index contributed by atoms with van der Waals surface area (Å²) in [5.74, 6) is -0.570. The maximum Gasteiger partial charge on any atom is 0.272 e. The molecule has 0 bridgehead atoms. The Morgan fingerprint density at radius 1 is 0.929 bits per heavy atom. The summed E-state index contributed by atoms with van der Waals surface area (Å²) >= 11 is 17.0. The molecule has 3 aromatic carbocycles. The van der Waals surface area contributed by atoms with Crippen molar-refractivity contribution in [1.29, 1.82) is 0 Å². The third kappa shape index (κ3) is 7.84. The van der Waals surface area contributed by atoms with E-state index in [9.17, 15) is 9.90 Å². The number of benzene rings is 3. The average Bonchev–Trinajstić information content (AvgIpc) is 3.01. The molecule has 2 fully saturated rings. The Bertz CT molecular complexity index is 1340. The van der Waals surface area contributed by atoms with Gasteiger partial charge in [0.05, 0.1) is 32.0 Å². The highest BCUT2D eigenvalue weighted by Crippen LogP contribution is 2.42. The van der Waals surface area contributed by atoms with Crippen LogP contribution in [0.1, 0.15) is 41.6 Å². The molecule has 5 rings (SSSR count). The number of aliphatic hydroxyl groups excluding tert-OH is 1. The van der Waals surface area contributed by atoms with Crippen molar-refractivity contribution in [3.8, 4) is 11.1 Å². The van der Waals surface area contributed by atoms with Crippen molar-refractivity contribution >= 4 is 40.7 Å². The Morgan fingerprint density at radius 2 is 1.62 bits per heavy atom. The molecule has 2 aliphatic rings. The van der Waals surface area contributed by atoms with Crippen LogP contribution < -0.4 is 5.32 Å². The molecule has 0 spiro atoms. The van der Waals surface area contributed by atoms with Crippen molar-refractivity contribution in [2.75, 3.05) is 32.8 Å². The predicted molar refractivity (Wildman–Crippen MR) is 164 cm³/mol. The van der Waals surface area contributed by atoms with Gasteiger partial charge in [-0.05, 0) is 39.9 Å². The van der Waals surface area contributed by atoms with E-state index in [4.69, 9.17) is 49.0 Å². The van der Waals surface area contributed by atoms with E-state index in [0.717, 1.165) is 66.2 Å². The van der Waals surface area contributed by atoms with Gasteiger partial charge >= 0.3 is 0 Å². The number of nitrogens with zero attached hydrogens (tertiary/aromatic N) is 1. The molecule has 0 saturated carbocycles. The van der Waals surface area contributed by atoms with E-state index in [0.29, 0.717) is 0 Å². The minimum Gasteiger partial charge on any atom is -0.392 e. The number of morpholine rings is 1. The zero-order valence-corrected chi connectivity index (χ0v) is 25.6. The maximum absolute atomic E-state index is 12.0. The van der Waals surface area contributed by atoms with Crippen LogP contribution in [0.2, 0.25) is 0 Å². The summed E-state index contributed by atoms with van der Waals surface area (Å²) in [6.45, 7) is 6.40. The van der Waals surface area contributed by atoms with E-state index in [2.05, 4.69) is 23.2 Å². The van der Waals surface area contributed by atoms with Crippen LogP contribution in [-0.4, -0.2) is 58.7 Å². The van der Waals surface area contributed by atoms with Crippen LogP contribution in [0, 0.1) is 5.92 Å². The predicted octanol–water partition coefficient (Wildman–Crippen LogP) is 5.96. The molecule has 3 aromatic rings. The largest absolute Gasteiger partial charge is 0.392 e. The number of aliphatic hydroxyl groups is 1. The van der Waals surface area contributed by atoms with Gasteiger partial charge in [-0.1, -0.05) is 102 Å². The van der Waals surface area contributed by atoms with Crippen molar-refractivity contribution < 1.29 is 24.1 Å². The van der Waals surface area contributed by atoms with Crippen LogP contribution >= 0.6 is 34.8 Å². The molecule has 2 heterocycles. The molecule has 7 nitrogen and oxygen atoms in total. The monoisotopic (exact) mass is 632 g/mol. The zero-order chi connectivity index (χ0) is 29.7. The zero-order valence-electron chi connectivity index (χ0n) is 23.3. The molecule has 2 saturated heterocycles. The third-order valence-electron chi connectivity index (χ3n) is 7.79. The lowest BCUT2D eigenvalue weighted by Crippen LogP contribution is -2.47. The first kappa shape index (κ1) is 31.2. The molecule has 42 heavy (non-hydrogen) atoms. The van der Waals surface area contributed by atoms with Crippen LogP contribution in [0.4, 0.5) is 0 Å². The maximum atomic E-state index is 12.0. The minimum atomic E-state index is -2.01. The number of nitrogens with one attached hydrogen (secondary N) is 1. The second kappa shape index (κ2) is 14.1. The number of carbonyl (C=O) groups is 1. The molecular formula is C32H35Cl3N2O5. The first-order valence-electron chi connectivity index (χ1n) is 14.1. The van der Waals surface area contributed by atoms with Crippen LogP contribution in [0.25, 0.3) is 11.1 Å². The second-order valence-corrected chi connectivity index (χ2v) is 13.0. The third-order valence-corrected chi connectivity index (χ3v) is 8.31. The number of hydrogen-bond acceptors (Lipinski definition) is 6. The number of amides is 1. The van der Waals surface area contributed by atoms with Crippen LogP contribution in [-0.2, 0) is 32.2 Å². The smallest absolute Gasteiger partial charge is 0.272 e. The molecule has 10 heteroatoms. The SMILES string of the molecule is C[C@@H]1[C@H](CN2CCOCC2)O[C@H](c2cccc(-c3cccc(CNC(=O)C(Cl)(Cl)Cl)c3)c2)O[C@@H]1c1ccc(CO)cc1. The lowest BCUT2D eigenvalue weighted by molar-refractivity contribution is -0.277. The van der Waals surface area contributed by atoms with Gasteiger partial charge in [0.15, 0.2) is 6.29 Å². The van der Waals surface area contributed by atoms with E-state index >= 15 is 0 Å². The molecule has 1 amide bonds. The molecule has 2 N–H and O–H groups in total. The summed E-state index contributed by atoms with van der Waals surface area (Å²) in [4.78, 5) is 14.4. The van der Waals surface area contributed by atoms with Gasteiger partial charge in [0.25, 0.3) is 9.70 Å². The lowest BCUT2D eigenvalue weighted by atomic mass is 9.89. The topological polar surface area (TPSA) is 80.3 Å². The normalized spacial score (nSPS) is 23.5. The molecule has 0 aliphatic carbocycles. The van der Waals surface area contributed by atoms with Gasteiger partial charge in [0.1, 0.15) is 0 Å². The van der Waals surface area contributed by atoms with E-state index in [1.165, 1.54) is 0 Å². The van der Waals surface area contributed by atoms with Gasteiger partial charge < -0.3 is 24.6 Å². The highest BCUT2D eigenvalue weighted by Gasteiger charge is 2.39. The van der Waals surface area contributed by atoms with Crippen LogP contribution in [0.5, 0.6) is 0 Å². The summed E-state index contributed by atoms with van der Waals surface area (Å²) in [6.07, 6.45) is -0.810. The second-order valence-electron chi connectivity index (χ2n) is 10.7. The summed E-state index contributed by atoms with van der Waals surface area (Å²) in [7, 11) is 0. The number of carbonyl (C=O) groups excluding carboxylic acids is 1.